The second-order valence-electron chi connectivity index (χ2n) is 8.18. The van der Waals surface area contributed by atoms with Gasteiger partial charge in [-0.25, -0.2) is 19.7 Å². The molecule has 0 radical (unpaired) electrons. The monoisotopic (exact) mass is 445 g/mol. The van der Waals surface area contributed by atoms with Crippen molar-refractivity contribution in [1.82, 2.24) is 19.5 Å². The van der Waals surface area contributed by atoms with E-state index in [4.69, 9.17) is 9.15 Å². The van der Waals surface area contributed by atoms with Crippen LogP contribution < -0.4 is 15.3 Å². The summed E-state index contributed by atoms with van der Waals surface area (Å²) in [4.78, 5) is 27.6. The normalized spacial score (nSPS) is 14.5. The number of rotatable bonds is 8. The predicted octanol–water partition coefficient (Wildman–Crippen LogP) is 4.34. The van der Waals surface area contributed by atoms with Crippen LogP contribution in [0.3, 0.4) is 0 Å². The number of ether oxygens (including phenoxy) is 1. The summed E-state index contributed by atoms with van der Waals surface area (Å²) >= 11 is 0. The molecule has 1 aromatic carbocycles. The molecule has 8 heteroatoms. The van der Waals surface area contributed by atoms with E-state index in [9.17, 15) is 4.79 Å². The SMILES string of the molecule is O=c1cc(OCC/C=C/CCn2cnc3c(N4CCCCC4)ncnc32)c2ccccc2o1. The number of piperidine rings is 1. The van der Waals surface area contributed by atoms with Crippen molar-refractivity contribution >= 4 is 28.0 Å². The summed E-state index contributed by atoms with van der Waals surface area (Å²) in [5.41, 5.74) is 1.91. The van der Waals surface area contributed by atoms with Gasteiger partial charge in [-0.3, -0.25) is 0 Å². The van der Waals surface area contributed by atoms with Crippen LogP contribution in [0.4, 0.5) is 5.82 Å². The number of aryl methyl sites for hydroxylation is 1. The molecule has 0 atom stereocenters. The lowest BCUT2D eigenvalue weighted by atomic mass is 10.1. The average molecular weight is 446 g/mol. The highest BCUT2D eigenvalue weighted by Gasteiger charge is 2.17. The average Bonchev–Trinajstić information content (AvgIpc) is 3.27. The highest BCUT2D eigenvalue weighted by atomic mass is 16.5. The number of hydrogen-bond acceptors (Lipinski definition) is 7. The van der Waals surface area contributed by atoms with E-state index < -0.39 is 5.63 Å². The number of aromatic nitrogens is 4. The second kappa shape index (κ2) is 9.85. The smallest absolute Gasteiger partial charge is 0.339 e. The van der Waals surface area contributed by atoms with Crippen LogP contribution in [0, 0.1) is 0 Å². The van der Waals surface area contributed by atoms with Crippen LogP contribution in [-0.2, 0) is 6.54 Å². The van der Waals surface area contributed by atoms with E-state index in [1.165, 1.54) is 25.3 Å². The van der Waals surface area contributed by atoms with Gasteiger partial charge in [-0.15, -0.1) is 0 Å². The number of imidazole rings is 1. The lowest BCUT2D eigenvalue weighted by Crippen LogP contribution is -2.30. The van der Waals surface area contributed by atoms with Gasteiger partial charge in [0, 0.05) is 19.6 Å². The third kappa shape index (κ3) is 4.74. The van der Waals surface area contributed by atoms with E-state index in [0.717, 1.165) is 54.8 Å². The lowest BCUT2D eigenvalue weighted by molar-refractivity contribution is 0.325. The highest BCUT2D eigenvalue weighted by molar-refractivity contribution is 5.83. The fraction of sp³-hybridized carbons (Fsp3) is 0.360. The number of anilines is 1. The van der Waals surface area contributed by atoms with Gasteiger partial charge in [-0.05, 0) is 44.2 Å². The molecular formula is C25H27N5O3. The van der Waals surface area contributed by atoms with E-state index in [0.29, 0.717) is 17.9 Å². The molecule has 3 aromatic heterocycles. The zero-order chi connectivity index (χ0) is 22.5. The molecule has 5 rings (SSSR count). The zero-order valence-electron chi connectivity index (χ0n) is 18.5. The summed E-state index contributed by atoms with van der Waals surface area (Å²) in [6, 6.07) is 8.79. The van der Waals surface area contributed by atoms with Crippen LogP contribution in [0.5, 0.6) is 5.75 Å². The first-order chi connectivity index (χ1) is 16.3. The number of fused-ring (bicyclic) bond motifs is 2. The number of allylic oxidation sites excluding steroid dienone is 1. The van der Waals surface area contributed by atoms with Crippen molar-refractivity contribution in [2.75, 3.05) is 24.6 Å². The van der Waals surface area contributed by atoms with E-state index in [1.807, 2.05) is 24.5 Å². The van der Waals surface area contributed by atoms with Crippen molar-refractivity contribution < 1.29 is 9.15 Å². The molecule has 0 amide bonds. The van der Waals surface area contributed by atoms with Crippen LogP contribution >= 0.6 is 0 Å². The molecule has 4 heterocycles. The Kier molecular flexibility index (Phi) is 6.32. The third-order valence-corrected chi connectivity index (χ3v) is 5.89. The maximum atomic E-state index is 11.7. The number of para-hydroxylation sites is 1. The lowest BCUT2D eigenvalue weighted by Gasteiger charge is -2.27. The molecule has 33 heavy (non-hydrogen) atoms. The fourth-order valence-electron chi connectivity index (χ4n) is 4.26. The van der Waals surface area contributed by atoms with Crippen LogP contribution in [-0.4, -0.2) is 39.2 Å². The standard InChI is InChI=1S/C25H27N5O3/c31-22-16-21(19-10-4-5-11-20(19)33-22)32-15-9-2-1-6-14-30-18-28-23-24(26-17-27-25(23)30)29-12-7-3-8-13-29/h1-2,4-5,10-11,16-18H,3,6-9,12-15H2/b2-1+. The van der Waals surface area contributed by atoms with Gasteiger partial charge in [-0.1, -0.05) is 24.3 Å². The number of hydrogen-bond donors (Lipinski definition) is 0. The summed E-state index contributed by atoms with van der Waals surface area (Å²) in [5.74, 6) is 1.51. The van der Waals surface area contributed by atoms with E-state index in [1.54, 1.807) is 12.4 Å². The second-order valence-corrected chi connectivity index (χ2v) is 8.18. The van der Waals surface area contributed by atoms with Crippen molar-refractivity contribution in [2.24, 2.45) is 0 Å². The first-order valence-corrected chi connectivity index (χ1v) is 11.5. The summed E-state index contributed by atoms with van der Waals surface area (Å²) in [5, 5.41) is 0.805. The fourth-order valence-corrected chi connectivity index (χ4v) is 4.26. The molecule has 1 saturated heterocycles. The van der Waals surface area contributed by atoms with Gasteiger partial charge in [0.25, 0.3) is 0 Å². The Bertz CT molecular complexity index is 1320. The molecule has 1 aliphatic rings. The molecular weight excluding hydrogens is 418 g/mol. The third-order valence-electron chi connectivity index (χ3n) is 5.89. The Labute approximate surface area is 191 Å². The topological polar surface area (TPSA) is 86.3 Å². The van der Waals surface area contributed by atoms with Gasteiger partial charge in [0.05, 0.1) is 24.4 Å². The van der Waals surface area contributed by atoms with Gasteiger partial charge in [0.2, 0.25) is 0 Å². The largest absolute Gasteiger partial charge is 0.492 e. The minimum Gasteiger partial charge on any atom is -0.492 e. The van der Waals surface area contributed by atoms with Crippen molar-refractivity contribution in [1.29, 1.82) is 0 Å². The Balaban J connectivity index is 1.15. The highest BCUT2D eigenvalue weighted by Crippen LogP contribution is 2.25. The molecule has 0 unspecified atom stereocenters. The Morgan fingerprint density at radius 2 is 1.88 bits per heavy atom. The maximum absolute atomic E-state index is 11.7. The molecule has 0 bridgehead atoms. The summed E-state index contributed by atoms with van der Waals surface area (Å²) in [7, 11) is 0. The minimum atomic E-state index is -0.404. The molecule has 0 aliphatic carbocycles. The molecule has 1 aliphatic heterocycles. The van der Waals surface area contributed by atoms with Gasteiger partial charge in [0.15, 0.2) is 17.0 Å². The molecule has 0 N–H and O–H groups in total. The summed E-state index contributed by atoms with van der Waals surface area (Å²) in [6.07, 6.45) is 13.0. The molecule has 4 aromatic rings. The van der Waals surface area contributed by atoms with E-state index in [-0.39, 0.29) is 0 Å². The Hall–Kier alpha value is -3.68. The Morgan fingerprint density at radius 3 is 2.79 bits per heavy atom. The van der Waals surface area contributed by atoms with Crippen molar-refractivity contribution in [3.63, 3.8) is 0 Å². The molecule has 1 fully saturated rings. The van der Waals surface area contributed by atoms with Gasteiger partial charge >= 0.3 is 5.63 Å². The molecule has 0 saturated carbocycles. The van der Waals surface area contributed by atoms with Crippen molar-refractivity contribution in [3.8, 4) is 5.75 Å². The molecule has 0 spiro atoms. The van der Waals surface area contributed by atoms with Crippen LogP contribution in [0.1, 0.15) is 32.1 Å². The summed E-state index contributed by atoms with van der Waals surface area (Å²) in [6.45, 7) is 3.36. The number of nitrogens with zero attached hydrogens (tertiary/aromatic N) is 5. The van der Waals surface area contributed by atoms with Gasteiger partial charge < -0.3 is 18.6 Å². The first kappa shape index (κ1) is 21.2. The van der Waals surface area contributed by atoms with E-state index >= 15 is 0 Å². The van der Waals surface area contributed by atoms with Gasteiger partial charge in [0.1, 0.15) is 17.7 Å². The van der Waals surface area contributed by atoms with Crippen molar-refractivity contribution in [2.45, 2.75) is 38.6 Å². The Morgan fingerprint density at radius 1 is 1.03 bits per heavy atom. The van der Waals surface area contributed by atoms with Crippen LogP contribution in [0.2, 0.25) is 0 Å². The van der Waals surface area contributed by atoms with Crippen molar-refractivity contribution in [3.05, 3.63) is 65.6 Å². The van der Waals surface area contributed by atoms with Crippen LogP contribution in [0.25, 0.3) is 22.1 Å². The predicted molar refractivity (Wildman–Crippen MR) is 128 cm³/mol. The van der Waals surface area contributed by atoms with Gasteiger partial charge in [-0.2, -0.15) is 0 Å². The van der Waals surface area contributed by atoms with Crippen LogP contribution in [0.15, 0.2) is 64.4 Å². The first-order valence-electron chi connectivity index (χ1n) is 11.5. The quantitative estimate of drug-likeness (QED) is 0.227. The maximum Gasteiger partial charge on any atom is 0.339 e. The molecule has 170 valence electrons. The van der Waals surface area contributed by atoms with E-state index in [2.05, 4.69) is 36.6 Å². The zero-order valence-corrected chi connectivity index (χ0v) is 18.5. The summed E-state index contributed by atoms with van der Waals surface area (Å²) < 4.78 is 13.1. The number of benzene rings is 1. The minimum absolute atomic E-state index is 0.404. The molecule has 8 nitrogen and oxygen atoms in total.